The van der Waals surface area contributed by atoms with Gasteiger partial charge in [-0.25, -0.2) is 0 Å². The maximum absolute atomic E-state index is 5.18. The molecule has 0 spiro atoms. The van der Waals surface area contributed by atoms with Crippen LogP contribution in [0.15, 0.2) is 30.5 Å². The van der Waals surface area contributed by atoms with Crippen LogP contribution in [0.3, 0.4) is 0 Å². The van der Waals surface area contributed by atoms with E-state index >= 15 is 0 Å². The smallest absolute Gasteiger partial charge is 0.244 e. The summed E-state index contributed by atoms with van der Waals surface area (Å²) < 4.78 is 5.18. The van der Waals surface area contributed by atoms with Crippen molar-refractivity contribution >= 4 is 11.8 Å². The van der Waals surface area contributed by atoms with E-state index in [2.05, 4.69) is 37.9 Å². The number of nitrogens with zero attached hydrogens (tertiary/aromatic N) is 3. The highest BCUT2D eigenvalue weighted by Gasteiger charge is 2.13. The molecule has 2 N–H and O–H groups in total. The minimum absolute atomic E-state index is 0.506. The van der Waals surface area contributed by atoms with Crippen LogP contribution in [0.25, 0.3) is 0 Å². The molecular weight excluding hydrogens is 314 g/mol. The molecule has 0 amide bonds. The molecule has 0 unspecified atom stereocenters. The Bertz CT molecular complexity index is 639. The summed E-state index contributed by atoms with van der Waals surface area (Å²) in [5.74, 6) is 2.27. The highest BCUT2D eigenvalue weighted by atomic mass is 16.5. The van der Waals surface area contributed by atoms with Crippen molar-refractivity contribution in [2.45, 2.75) is 51.0 Å². The molecular formula is C19H27N5O. The molecule has 0 radical (unpaired) electrons. The second kappa shape index (κ2) is 9.20. The molecule has 0 saturated heterocycles. The van der Waals surface area contributed by atoms with Gasteiger partial charge in [-0.1, -0.05) is 37.8 Å². The van der Waals surface area contributed by atoms with Gasteiger partial charge in [0.2, 0.25) is 5.95 Å². The van der Waals surface area contributed by atoms with E-state index in [4.69, 9.17) is 4.74 Å². The number of hydrogen-bond acceptors (Lipinski definition) is 6. The average Bonchev–Trinajstić information content (AvgIpc) is 2.91. The Kier molecular flexibility index (Phi) is 6.42. The van der Waals surface area contributed by atoms with E-state index in [0.717, 1.165) is 24.5 Å². The molecule has 1 saturated carbocycles. The molecule has 134 valence electrons. The van der Waals surface area contributed by atoms with Crippen molar-refractivity contribution in [2.75, 3.05) is 24.3 Å². The molecule has 6 heteroatoms. The number of nitrogens with one attached hydrogen (secondary N) is 2. The first-order valence-corrected chi connectivity index (χ1v) is 9.16. The highest BCUT2D eigenvalue weighted by molar-refractivity contribution is 5.38. The first-order chi connectivity index (χ1) is 12.3. The molecule has 0 bridgehead atoms. The molecule has 1 aliphatic carbocycles. The summed E-state index contributed by atoms with van der Waals surface area (Å²) in [5.41, 5.74) is 1.24. The van der Waals surface area contributed by atoms with Crippen LogP contribution in [0.1, 0.15) is 44.1 Å². The zero-order chi connectivity index (χ0) is 17.3. The lowest BCUT2D eigenvalue weighted by molar-refractivity contribution is 0.414. The second-order valence-electron chi connectivity index (χ2n) is 6.52. The highest BCUT2D eigenvalue weighted by Crippen LogP contribution is 2.20. The maximum atomic E-state index is 5.18. The van der Waals surface area contributed by atoms with Gasteiger partial charge in [0.05, 0.1) is 13.3 Å². The van der Waals surface area contributed by atoms with E-state index < -0.39 is 0 Å². The Hall–Kier alpha value is -2.37. The molecule has 0 aliphatic heterocycles. The first-order valence-electron chi connectivity index (χ1n) is 9.16. The van der Waals surface area contributed by atoms with Gasteiger partial charge < -0.3 is 15.4 Å². The molecule has 1 heterocycles. The van der Waals surface area contributed by atoms with Crippen LogP contribution < -0.4 is 15.4 Å². The number of benzene rings is 1. The maximum Gasteiger partial charge on any atom is 0.244 e. The second-order valence-corrected chi connectivity index (χ2v) is 6.52. The Labute approximate surface area is 149 Å². The molecule has 1 aliphatic rings. The molecule has 1 aromatic heterocycles. The molecule has 0 atom stereocenters. The Balaban J connectivity index is 1.48. The van der Waals surface area contributed by atoms with Gasteiger partial charge in [0.1, 0.15) is 5.75 Å². The Morgan fingerprint density at radius 1 is 1.08 bits per heavy atom. The third-order valence-corrected chi connectivity index (χ3v) is 4.62. The first kappa shape index (κ1) is 17.5. The lowest BCUT2D eigenvalue weighted by atomic mass is 10.1. The van der Waals surface area contributed by atoms with E-state index in [1.54, 1.807) is 13.3 Å². The Morgan fingerprint density at radius 2 is 1.84 bits per heavy atom. The van der Waals surface area contributed by atoms with Gasteiger partial charge in [0.25, 0.3) is 0 Å². The molecule has 1 fully saturated rings. The zero-order valence-electron chi connectivity index (χ0n) is 14.9. The third-order valence-electron chi connectivity index (χ3n) is 4.62. The third kappa shape index (κ3) is 5.59. The molecule has 1 aromatic carbocycles. The van der Waals surface area contributed by atoms with Crippen molar-refractivity contribution in [1.29, 1.82) is 0 Å². The van der Waals surface area contributed by atoms with Crippen LogP contribution in [-0.2, 0) is 6.42 Å². The van der Waals surface area contributed by atoms with E-state index in [1.807, 2.05) is 12.1 Å². The fourth-order valence-electron chi connectivity index (χ4n) is 3.19. The number of methoxy groups -OCH3 is 1. The van der Waals surface area contributed by atoms with Crippen molar-refractivity contribution in [3.63, 3.8) is 0 Å². The van der Waals surface area contributed by atoms with Gasteiger partial charge in [-0.05, 0) is 37.0 Å². The SMILES string of the molecule is COc1ccc(CCNc2nncc(NC3CCCCCC3)n2)cc1. The van der Waals surface area contributed by atoms with Crippen LogP contribution >= 0.6 is 0 Å². The van der Waals surface area contributed by atoms with Gasteiger partial charge in [0.15, 0.2) is 5.82 Å². The van der Waals surface area contributed by atoms with Crippen molar-refractivity contribution in [3.05, 3.63) is 36.0 Å². The van der Waals surface area contributed by atoms with Gasteiger partial charge in [-0.2, -0.15) is 10.1 Å². The minimum Gasteiger partial charge on any atom is -0.497 e. The molecule has 2 aromatic rings. The zero-order valence-corrected chi connectivity index (χ0v) is 14.9. The predicted octanol–water partition coefficient (Wildman–Crippen LogP) is 3.67. The van der Waals surface area contributed by atoms with E-state index in [9.17, 15) is 0 Å². The summed E-state index contributed by atoms with van der Waals surface area (Å²) in [5, 5.41) is 14.9. The molecule has 3 rings (SSSR count). The lowest BCUT2D eigenvalue weighted by Crippen LogP contribution is -2.20. The van der Waals surface area contributed by atoms with Crippen LogP contribution in [0.4, 0.5) is 11.8 Å². The van der Waals surface area contributed by atoms with Gasteiger partial charge in [-0.3, -0.25) is 0 Å². The summed E-state index contributed by atoms with van der Waals surface area (Å²) in [6, 6.07) is 8.61. The quantitative estimate of drug-likeness (QED) is 0.749. The summed E-state index contributed by atoms with van der Waals surface area (Å²) >= 11 is 0. The summed E-state index contributed by atoms with van der Waals surface area (Å²) in [4.78, 5) is 4.54. The van der Waals surface area contributed by atoms with Gasteiger partial charge in [0, 0.05) is 12.6 Å². The number of hydrogen-bond donors (Lipinski definition) is 2. The van der Waals surface area contributed by atoms with Crippen LogP contribution in [0.2, 0.25) is 0 Å². The van der Waals surface area contributed by atoms with Crippen LogP contribution in [-0.4, -0.2) is 34.9 Å². The number of ether oxygens (including phenoxy) is 1. The van der Waals surface area contributed by atoms with Crippen molar-refractivity contribution in [2.24, 2.45) is 0 Å². The van der Waals surface area contributed by atoms with E-state index in [-0.39, 0.29) is 0 Å². The largest absolute Gasteiger partial charge is 0.497 e. The fourth-order valence-corrected chi connectivity index (χ4v) is 3.19. The van der Waals surface area contributed by atoms with Crippen molar-refractivity contribution in [1.82, 2.24) is 15.2 Å². The van der Waals surface area contributed by atoms with E-state index in [1.165, 1.54) is 44.1 Å². The van der Waals surface area contributed by atoms with Gasteiger partial charge in [-0.15, -0.1) is 5.10 Å². The number of rotatable bonds is 7. The lowest BCUT2D eigenvalue weighted by Gasteiger charge is -2.16. The minimum atomic E-state index is 0.506. The summed E-state index contributed by atoms with van der Waals surface area (Å²) in [7, 11) is 1.68. The fraction of sp³-hybridized carbons (Fsp3) is 0.526. The number of aromatic nitrogens is 3. The topological polar surface area (TPSA) is 72.0 Å². The van der Waals surface area contributed by atoms with Crippen molar-refractivity contribution < 1.29 is 4.74 Å². The average molecular weight is 341 g/mol. The van der Waals surface area contributed by atoms with Gasteiger partial charge >= 0.3 is 0 Å². The van der Waals surface area contributed by atoms with Crippen LogP contribution in [0, 0.1) is 0 Å². The van der Waals surface area contributed by atoms with Crippen molar-refractivity contribution in [3.8, 4) is 5.75 Å². The number of anilines is 2. The van der Waals surface area contributed by atoms with Crippen LogP contribution in [0.5, 0.6) is 5.75 Å². The monoisotopic (exact) mass is 341 g/mol. The Morgan fingerprint density at radius 3 is 2.56 bits per heavy atom. The standard InChI is InChI=1S/C19H27N5O/c1-25-17-10-8-15(9-11-17)12-13-20-19-23-18(14-21-24-19)22-16-6-4-2-3-5-7-16/h8-11,14,16H,2-7,12-13H2,1H3,(H2,20,22,23,24). The molecule has 25 heavy (non-hydrogen) atoms. The van der Waals surface area contributed by atoms with E-state index in [0.29, 0.717) is 12.0 Å². The summed E-state index contributed by atoms with van der Waals surface area (Å²) in [6.07, 6.45) is 10.3. The predicted molar refractivity (Wildman–Crippen MR) is 100 cm³/mol. The normalized spacial score (nSPS) is 15.4. The molecule has 6 nitrogen and oxygen atoms in total. The summed E-state index contributed by atoms with van der Waals surface area (Å²) in [6.45, 7) is 0.765.